The van der Waals surface area contributed by atoms with Crippen LogP contribution < -0.4 is 29.7 Å². The zero-order chi connectivity index (χ0) is 26.8. The van der Waals surface area contributed by atoms with Gasteiger partial charge in [0.1, 0.15) is 29.9 Å². The Hall–Kier alpha value is -2.71. The van der Waals surface area contributed by atoms with E-state index in [1.165, 1.54) is 11.9 Å². The van der Waals surface area contributed by atoms with Crippen molar-refractivity contribution >= 4 is 33.6 Å². The summed E-state index contributed by atoms with van der Waals surface area (Å²) in [7, 11) is -0.0468. The van der Waals surface area contributed by atoms with Gasteiger partial charge in [0.15, 0.2) is 0 Å². The van der Waals surface area contributed by atoms with Gasteiger partial charge in [0.05, 0.1) is 26.2 Å². The molecule has 0 aromatic heterocycles. The minimum Gasteiger partial charge on any atom is -0.497 e. The number of sulfonamides is 1. The van der Waals surface area contributed by atoms with Crippen LogP contribution in [0.2, 0.25) is 0 Å². The summed E-state index contributed by atoms with van der Waals surface area (Å²) >= 11 is 1.43. The molecule has 2 aromatic carbocycles. The Kier molecular flexibility index (Phi) is 10.7. The van der Waals surface area contributed by atoms with E-state index in [9.17, 15) is 18.4 Å². The largest absolute Gasteiger partial charge is 0.497 e. The van der Waals surface area contributed by atoms with Crippen LogP contribution in [0.1, 0.15) is 24.8 Å². The highest BCUT2D eigenvalue weighted by Gasteiger charge is 2.28. The predicted molar refractivity (Wildman–Crippen MR) is 142 cm³/mol. The number of nitrogens with one attached hydrogen (secondary N) is 3. The molecular formula is C24H34N4O7S2. The quantitative estimate of drug-likeness (QED) is 0.126. The minimum absolute atomic E-state index is 0.301. The summed E-state index contributed by atoms with van der Waals surface area (Å²) in [5, 5.41) is 12.7. The van der Waals surface area contributed by atoms with E-state index in [2.05, 4.69) is 10.0 Å². The Morgan fingerprint density at radius 2 is 1.86 bits per heavy atom. The van der Waals surface area contributed by atoms with E-state index in [-0.39, 0.29) is 0 Å². The van der Waals surface area contributed by atoms with Crippen LogP contribution >= 0.6 is 11.9 Å². The molecule has 13 heteroatoms. The Morgan fingerprint density at radius 3 is 2.51 bits per heavy atom. The Balaban J connectivity index is 1.64. The second-order valence-electron chi connectivity index (χ2n) is 8.48. The SMILES string of the molecule is COc1cc(COc2ccc3c(c2)NCCN([C@H](CCCCNS(C)(=O)=O)C(=O)NO)S3)cc(OC)c1. The second-order valence-corrected chi connectivity index (χ2v) is 11.4. The highest BCUT2D eigenvalue weighted by molar-refractivity contribution is 7.97. The Labute approximate surface area is 222 Å². The van der Waals surface area contributed by atoms with Crippen LogP contribution in [0, 0.1) is 0 Å². The van der Waals surface area contributed by atoms with Gasteiger partial charge in [-0.25, -0.2) is 22.9 Å². The molecule has 1 amide bonds. The maximum absolute atomic E-state index is 12.4. The standard InChI is InChI=1S/C24H34N4O7S2/c1-33-19-12-17(13-20(14-19)34-2)16-35-18-7-8-23-21(15-18)25-10-11-28(36-23)22(24(29)27-30)6-4-5-9-26-37(3,31)32/h7-8,12-15,22,25-26,30H,4-6,9-11,16H2,1-3H3,(H,27,29)/t22-/m1/s1. The number of carbonyl (C=O) groups excluding carboxylic acids is 1. The molecular weight excluding hydrogens is 520 g/mol. The zero-order valence-electron chi connectivity index (χ0n) is 21.2. The lowest BCUT2D eigenvalue weighted by atomic mass is 10.1. The molecule has 1 aliphatic heterocycles. The molecule has 0 unspecified atom stereocenters. The highest BCUT2D eigenvalue weighted by atomic mass is 32.2. The van der Waals surface area contributed by atoms with Crippen LogP contribution in [0.5, 0.6) is 17.2 Å². The van der Waals surface area contributed by atoms with E-state index in [1.807, 2.05) is 34.6 Å². The van der Waals surface area contributed by atoms with Crippen LogP contribution in [-0.4, -0.2) is 70.0 Å². The molecule has 0 aliphatic carbocycles. The van der Waals surface area contributed by atoms with Crippen molar-refractivity contribution in [1.82, 2.24) is 14.5 Å². The van der Waals surface area contributed by atoms with E-state index in [0.29, 0.717) is 62.8 Å². The number of hydrogen-bond donors (Lipinski definition) is 4. The monoisotopic (exact) mass is 554 g/mol. The number of benzene rings is 2. The number of anilines is 1. The third kappa shape index (κ3) is 8.97. The van der Waals surface area contributed by atoms with Crippen LogP contribution in [0.4, 0.5) is 5.69 Å². The first-order valence-electron chi connectivity index (χ1n) is 11.8. The van der Waals surface area contributed by atoms with Crippen molar-refractivity contribution in [3.05, 3.63) is 42.0 Å². The number of methoxy groups -OCH3 is 2. The summed E-state index contributed by atoms with van der Waals surface area (Å²) in [6.07, 6.45) is 2.76. The number of amides is 1. The van der Waals surface area contributed by atoms with Crippen LogP contribution in [-0.2, 0) is 21.4 Å². The third-order valence-electron chi connectivity index (χ3n) is 5.66. The molecule has 0 saturated carbocycles. The number of hydroxylamine groups is 1. The normalized spacial score (nSPS) is 14.6. The molecule has 0 radical (unpaired) electrons. The van der Waals surface area contributed by atoms with E-state index in [1.54, 1.807) is 25.8 Å². The fourth-order valence-electron chi connectivity index (χ4n) is 3.83. The number of fused-ring (bicyclic) bond motifs is 1. The number of carbonyl (C=O) groups is 1. The average Bonchev–Trinajstić information content (AvgIpc) is 3.10. The molecule has 0 bridgehead atoms. The zero-order valence-corrected chi connectivity index (χ0v) is 22.8. The molecule has 0 spiro atoms. The van der Waals surface area contributed by atoms with Gasteiger partial charge in [0, 0.05) is 36.7 Å². The summed E-state index contributed by atoms with van der Waals surface area (Å²) < 4.78 is 43.5. The van der Waals surface area contributed by atoms with Crippen LogP contribution in [0.15, 0.2) is 41.3 Å². The molecule has 37 heavy (non-hydrogen) atoms. The topological polar surface area (TPSA) is 138 Å². The van der Waals surface area contributed by atoms with E-state index < -0.39 is 22.0 Å². The van der Waals surface area contributed by atoms with Gasteiger partial charge in [-0.2, -0.15) is 0 Å². The van der Waals surface area contributed by atoms with Gasteiger partial charge in [-0.1, -0.05) is 6.42 Å². The summed E-state index contributed by atoms with van der Waals surface area (Å²) in [4.78, 5) is 13.4. The molecule has 3 rings (SSSR count). The summed E-state index contributed by atoms with van der Waals surface area (Å²) in [6.45, 7) is 1.77. The van der Waals surface area contributed by atoms with Crippen molar-refractivity contribution in [2.75, 3.05) is 45.4 Å². The van der Waals surface area contributed by atoms with E-state index >= 15 is 0 Å². The van der Waals surface area contributed by atoms with Crippen molar-refractivity contribution < 1.29 is 32.6 Å². The molecule has 1 heterocycles. The summed E-state index contributed by atoms with van der Waals surface area (Å²) in [5.74, 6) is 1.56. The molecule has 204 valence electrons. The molecule has 11 nitrogen and oxygen atoms in total. The predicted octanol–water partition coefficient (Wildman–Crippen LogP) is 2.61. The minimum atomic E-state index is -3.25. The molecule has 0 fully saturated rings. The van der Waals surface area contributed by atoms with Crippen LogP contribution in [0.25, 0.3) is 0 Å². The lowest BCUT2D eigenvalue weighted by molar-refractivity contribution is -0.133. The van der Waals surface area contributed by atoms with Gasteiger partial charge < -0.3 is 19.5 Å². The highest BCUT2D eigenvalue weighted by Crippen LogP contribution is 2.37. The number of unbranched alkanes of at least 4 members (excludes halogenated alkanes) is 1. The lowest BCUT2D eigenvalue weighted by Gasteiger charge is -2.27. The Morgan fingerprint density at radius 1 is 1.14 bits per heavy atom. The van der Waals surface area contributed by atoms with Crippen LogP contribution in [0.3, 0.4) is 0 Å². The van der Waals surface area contributed by atoms with Crippen molar-refractivity contribution in [1.29, 1.82) is 0 Å². The third-order valence-corrected chi connectivity index (χ3v) is 7.61. The van der Waals surface area contributed by atoms with Crippen molar-refractivity contribution in [2.24, 2.45) is 0 Å². The summed E-state index contributed by atoms with van der Waals surface area (Å²) in [5.41, 5.74) is 3.56. The molecule has 1 aliphatic rings. The molecule has 2 aromatic rings. The van der Waals surface area contributed by atoms with Gasteiger partial charge in [-0.05, 0) is 54.6 Å². The summed E-state index contributed by atoms with van der Waals surface area (Å²) in [6, 6.07) is 10.7. The van der Waals surface area contributed by atoms with Gasteiger partial charge in [0.25, 0.3) is 5.91 Å². The number of ether oxygens (including phenoxy) is 3. The average molecular weight is 555 g/mol. The first-order chi connectivity index (χ1) is 17.7. The Bertz CT molecular complexity index is 1140. The number of hydrogen-bond acceptors (Lipinski definition) is 10. The fraction of sp³-hybridized carbons (Fsp3) is 0.458. The first-order valence-corrected chi connectivity index (χ1v) is 14.4. The van der Waals surface area contributed by atoms with Crippen molar-refractivity contribution in [3.8, 4) is 17.2 Å². The number of nitrogens with zero attached hydrogens (tertiary/aromatic N) is 1. The molecule has 4 N–H and O–H groups in total. The van der Waals surface area contributed by atoms with Gasteiger partial charge in [-0.3, -0.25) is 10.0 Å². The van der Waals surface area contributed by atoms with Gasteiger partial charge in [-0.15, -0.1) is 0 Å². The second kappa shape index (κ2) is 13.7. The molecule has 1 atom stereocenters. The van der Waals surface area contributed by atoms with Gasteiger partial charge in [0.2, 0.25) is 10.0 Å². The number of rotatable bonds is 13. The van der Waals surface area contributed by atoms with Crippen molar-refractivity contribution in [2.45, 2.75) is 36.8 Å². The van der Waals surface area contributed by atoms with Gasteiger partial charge >= 0.3 is 0 Å². The first kappa shape index (κ1) is 28.9. The molecule has 0 saturated heterocycles. The smallest absolute Gasteiger partial charge is 0.261 e. The van der Waals surface area contributed by atoms with E-state index in [4.69, 9.17) is 14.2 Å². The fourth-order valence-corrected chi connectivity index (χ4v) is 5.46. The lowest BCUT2D eigenvalue weighted by Crippen LogP contribution is -2.44. The van der Waals surface area contributed by atoms with Crippen molar-refractivity contribution in [3.63, 3.8) is 0 Å². The maximum Gasteiger partial charge on any atom is 0.261 e. The van der Waals surface area contributed by atoms with E-state index in [0.717, 1.165) is 22.4 Å². The maximum atomic E-state index is 12.4.